The maximum Gasteiger partial charge on any atom is 0.231 e. The fraction of sp³-hybridized carbons (Fsp3) is 0.350. The van der Waals surface area contributed by atoms with Crippen molar-refractivity contribution in [2.75, 3.05) is 27.5 Å². The number of nitrogens with one attached hydrogen (secondary N) is 2. The van der Waals surface area contributed by atoms with E-state index in [0.29, 0.717) is 13.3 Å². The van der Waals surface area contributed by atoms with E-state index in [1.54, 1.807) is 14.2 Å². The van der Waals surface area contributed by atoms with Gasteiger partial charge in [-0.05, 0) is 48.2 Å². The van der Waals surface area contributed by atoms with E-state index < -0.39 is 0 Å². The van der Waals surface area contributed by atoms with Crippen molar-refractivity contribution >= 4 is 5.96 Å². The molecular formula is C20H25N3O3. The van der Waals surface area contributed by atoms with Crippen LogP contribution in [-0.2, 0) is 13.0 Å². The Hall–Kier alpha value is -2.89. The van der Waals surface area contributed by atoms with Crippen molar-refractivity contribution in [1.82, 2.24) is 10.6 Å². The third-order valence-electron chi connectivity index (χ3n) is 4.29. The van der Waals surface area contributed by atoms with Gasteiger partial charge >= 0.3 is 0 Å². The van der Waals surface area contributed by atoms with Crippen molar-refractivity contribution in [2.45, 2.75) is 19.9 Å². The number of methoxy groups -OCH3 is 1. The van der Waals surface area contributed by atoms with E-state index in [2.05, 4.69) is 33.8 Å². The Balaban J connectivity index is 1.47. The van der Waals surface area contributed by atoms with Gasteiger partial charge in [0.1, 0.15) is 5.75 Å². The summed E-state index contributed by atoms with van der Waals surface area (Å²) in [4.78, 5) is 4.27. The van der Waals surface area contributed by atoms with Crippen LogP contribution < -0.4 is 24.8 Å². The molecule has 138 valence electrons. The highest BCUT2D eigenvalue weighted by molar-refractivity contribution is 5.79. The standard InChI is InChI=1S/C20H25N3O3/c1-14-10-16(5-6-17(14)24-3)12-23-20(21-2)22-9-8-15-4-7-18-19(11-15)26-13-25-18/h4-7,10-11H,8-9,12-13H2,1-3H3,(H2,21,22,23). The molecule has 0 bridgehead atoms. The molecular weight excluding hydrogens is 330 g/mol. The van der Waals surface area contributed by atoms with Gasteiger partial charge in [-0.3, -0.25) is 4.99 Å². The lowest BCUT2D eigenvalue weighted by Gasteiger charge is -2.13. The number of fused-ring (bicyclic) bond motifs is 1. The largest absolute Gasteiger partial charge is 0.496 e. The van der Waals surface area contributed by atoms with Gasteiger partial charge in [-0.25, -0.2) is 0 Å². The van der Waals surface area contributed by atoms with E-state index in [1.807, 2.05) is 25.1 Å². The van der Waals surface area contributed by atoms with Crippen LogP contribution in [0, 0.1) is 6.92 Å². The molecule has 0 fully saturated rings. The minimum Gasteiger partial charge on any atom is -0.496 e. The number of aliphatic imine (C=N–C) groups is 1. The maximum absolute atomic E-state index is 5.41. The molecule has 1 aliphatic heterocycles. The molecule has 2 N–H and O–H groups in total. The number of hydrogen-bond donors (Lipinski definition) is 2. The molecule has 2 aromatic rings. The van der Waals surface area contributed by atoms with Crippen LogP contribution in [-0.4, -0.2) is 33.5 Å². The minimum absolute atomic E-state index is 0.304. The van der Waals surface area contributed by atoms with Crippen LogP contribution in [0.25, 0.3) is 0 Å². The molecule has 6 nitrogen and oxygen atoms in total. The number of guanidine groups is 1. The van der Waals surface area contributed by atoms with E-state index >= 15 is 0 Å². The highest BCUT2D eigenvalue weighted by Gasteiger charge is 2.12. The Bertz CT molecular complexity index is 790. The quantitative estimate of drug-likeness (QED) is 0.616. The van der Waals surface area contributed by atoms with Crippen molar-refractivity contribution < 1.29 is 14.2 Å². The fourth-order valence-corrected chi connectivity index (χ4v) is 2.88. The SMILES string of the molecule is CN=C(NCCc1ccc2c(c1)OCO2)NCc1ccc(OC)c(C)c1. The second-order valence-corrected chi connectivity index (χ2v) is 6.09. The molecule has 26 heavy (non-hydrogen) atoms. The molecule has 1 aliphatic rings. The first-order chi connectivity index (χ1) is 12.7. The van der Waals surface area contributed by atoms with Gasteiger partial charge in [0.05, 0.1) is 7.11 Å². The number of ether oxygens (including phenoxy) is 3. The second kappa shape index (κ2) is 8.47. The van der Waals surface area contributed by atoms with Gasteiger partial charge in [-0.2, -0.15) is 0 Å². The van der Waals surface area contributed by atoms with E-state index in [-0.39, 0.29) is 0 Å². The van der Waals surface area contributed by atoms with Crippen LogP contribution in [0.2, 0.25) is 0 Å². The summed E-state index contributed by atoms with van der Waals surface area (Å²) in [7, 11) is 3.46. The Labute approximate surface area is 154 Å². The molecule has 0 radical (unpaired) electrons. The summed E-state index contributed by atoms with van der Waals surface area (Å²) in [5.74, 6) is 3.31. The van der Waals surface area contributed by atoms with E-state index in [4.69, 9.17) is 14.2 Å². The summed E-state index contributed by atoms with van der Waals surface area (Å²) in [5, 5.41) is 6.67. The second-order valence-electron chi connectivity index (χ2n) is 6.09. The van der Waals surface area contributed by atoms with Gasteiger partial charge in [-0.15, -0.1) is 0 Å². The zero-order valence-corrected chi connectivity index (χ0v) is 15.5. The molecule has 2 aromatic carbocycles. The Morgan fingerprint density at radius 2 is 1.88 bits per heavy atom. The topological polar surface area (TPSA) is 64.1 Å². The number of aryl methyl sites for hydroxylation is 1. The van der Waals surface area contributed by atoms with Crippen LogP contribution in [0.1, 0.15) is 16.7 Å². The highest BCUT2D eigenvalue weighted by Crippen LogP contribution is 2.32. The van der Waals surface area contributed by atoms with Crippen molar-refractivity contribution in [3.05, 3.63) is 53.1 Å². The van der Waals surface area contributed by atoms with Gasteiger partial charge in [0.25, 0.3) is 0 Å². The van der Waals surface area contributed by atoms with Crippen LogP contribution >= 0.6 is 0 Å². The van der Waals surface area contributed by atoms with Gasteiger partial charge in [0.15, 0.2) is 17.5 Å². The fourth-order valence-electron chi connectivity index (χ4n) is 2.88. The smallest absolute Gasteiger partial charge is 0.231 e. The van der Waals surface area contributed by atoms with Gasteiger partial charge < -0.3 is 24.8 Å². The number of benzene rings is 2. The Kier molecular flexibility index (Phi) is 5.84. The molecule has 6 heteroatoms. The van der Waals surface area contributed by atoms with Crippen LogP contribution in [0.4, 0.5) is 0 Å². The minimum atomic E-state index is 0.304. The van der Waals surface area contributed by atoms with Crippen molar-refractivity contribution in [3.8, 4) is 17.2 Å². The molecule has 0 spiro atoms. The van der Waals surface area contributed by atoms with Gasteiger partial charge in [0.2, 0.25) is 6.79 Å². The highest BCUT2D eigenvalue weighted by atomic mass is 16.7. The summed E-state index contributed by atoms with van der Waals surface area (Å²) >= 11 is 0. The van der Waals surface area contributed by atoms with Crippen LogP contribution in [0.15, 0.2) is 41.4 Å². The molecule has 0 aromatic heterocycles. The summed E-state index contributed by atoms with van der Waals surface area (Å²) in [5.41, 5.74) is 3.50. The molecule has 0 saturated carbocycles. The lowest BCUT2D eigenvalue weighted by atomic mass is 10.1. The average molecular weight is 355 g/mol. The first-order valence-electron chi connectivity index (χ1n) is 8.66. The maximum atomic E-state index is 5.41. The summed E-state index contributed by atoms with van der Waals surface area (Å²) in [6, 6.07) is 12.2. The lowest BCUT2D eigenvalue weighted by molar-refractivity contribution is 0.174. The predicted molar refractivity (Wildman–Crippen MR) is 102 cm³/mol. The molecule has 0 aliphatic carbocycles. The van der Waals surface area contributed by atoms with Gasteiger partial charge in [0, 0.05) is 20.1 Å². The zero-order chi connectivity index (χ0) is 18.4. The molecule has 0 amide bonds. The molecule has 3 rings (SSSR count). The van der Waals surface area contributed by atoms with Crippen LogP contribution in [0.5, 0.6) is 17.2 Å². The number of nitrogens with zero attached hydrogens (tertiary/aromatic N) is 1. The molecule has 1 heterocycles. The first kappa shape index (κ1) is 17.9. The van der Waals surface area contributed by atoms with Crippen molar-refractivity contribution in [1.29, 1.82) is 0 Å². The molecule has 0 atom stereocenters. The molecule has 0 unspecified atom stereocenters. The first-order valence-corrected chi connectivity index (χ1v) is 8.66. The number of hydrogen-bond acceptors (Lipinski definition) is 4. The normalized spacial score (nSPS) is 12.8. The summed E-state index contributed by atoms with van der Waals surface area (Å²) in [6.45, 7) is 3.83. The molecule has 0 saturated heterocycles. The lowest BCUT2D eigenvalue weighted by Crippen LogP contribution is -2.37. The third kappa shape index (κ3) is 4.39. The Morgan fingerprint density at radius 1 is 1.08 bits per heavy atom. The van der Waals surface area contributed by atoms with Gasteiger partial charge in [-0.1, -0.05) is 18.2 Å². The van der Waals surface area contributed by atoms with E-state index in [9.17, 15) is 0 Å². The van der Waals surface area contributed by atoms with Crippen LogP contribution in [0.3, 0.4) is 0 Å². The Morgan fingerprint density at radius 3 is 2.65 bits per heavy atom. The monoisotopic (exact) mass is 355 g/mol. The average Bonchev–Trinajstić information content (AvgIpc) is 3.12. The van der Waals surface area contributed by atoms with E-state index in [1.165, 1.54) is 11.1 Å². The summed E-state index contributed by atoms with van der Waals surface area (Å²) in [6.07, 6.45) is 0.874. The van der Waals surface area contributed by atoms with Crippen molar-refractivity contribution in [2.24, 2.45) is 4.99 Å². The number of rotatable bonds is 6. The van der Waals surface area contributed by atoms with E-state index in [0.717, 1.165) is 41.7 Å². The predicted octanol–water partition coefficient (Wildman–Crippen LogP) is 2.64. The summed E-state index contributed by atoms with van der Waals surface area (Å²) < 4.78 is 16.0. The zero-order valence-electron chi connectivity index (χ0n) is 15.5. The third-order valence-corrected chi connectivity index (χ3v) is 4.29. The van der Waals surface area contributed by atoms with Crippen molar-refractivity contribution in [3.63, 3.8) is 0 Å².